The number of aromatic nitrogens is 2. The van der Waals surface area contributed by atoms with Crippen LogP contribution in [0.1, 0.15) is 26.2 Å². The third-order valence-electron chi connectivity index (χ3n) is 3.17. The molecule has 2 unspecified atom stereocenters. The molecule has 1 saturated carbocycles. The van der Waals surface area contributed by atoms with E-state index in [1.807, 2.05) is 0 Å². The second-order valence-electron chi connectivity index (χ2n) is 4.52. The van der Waals surface area contributed by atoms with Crippen LogP contribution >= 0.6 is 0 Å². The molecule has 3 N–H and O–H groups in total. The Hall–Kier alpha value is -1.52. The van der Waals surface area contributed by atoms with Crippen molar-refractivity contribution in [1.82, 2.24) is 15.1 Å². The predicted molar refractivity (Wildman–Crippen MR) is 61.6 cm³/mol. The Balaban J connectivity index is 1.84. The number of nitrogens with zero attached hydrogens (tertiary/aromatic N) is 2. The maximum Gasteiger partial charge on any atom is 0.241 e. The Morgan fingerprint density at radius 3 is 3.06 bits per heavy atom. The van der Waals surface area contributed by atoms with Crippen LogP contribution in [0.15, 0.2) is 12.3 Å². The molecule has 0 radical (unpaired) electrons. The van der Waals surface area contributed by atoms with E-state index in [0.717, 1.165) is 6.42 Å². The van der Waals surface area contributed by atoms with Gasteiger partial charge in [-0.15, -0.1) is 0 Å². The lowest BCUT2D eigenvalue weighted by atomic mass is 10.1. The minimum Gasteiger partial charge on any atom is -0.382 e. The zero-order valence-electron chi connectivity index (χ0n) is 9.52. The van der Waals surface area contributed by atoms with Gasteiger partial charge in [0.05, 0.1) is 0 Å². The summed E-state index contributed by atoms with van der Waals surface area (Å²) in [5, 5.41) is 7.02. The van der Waals surface area contributed by atoms with E-state index in [2.05, 4.69) is 17.3 Å². The van der Waals surface area contributed by atoms with Crippen LogP contribution in [0.3, 0.4) is 0 Å². The maximum atomic E-state index is 11.7. The molecule has 1 fully saturated rings. The first-order chi connectivity index (χ1) is 7.65. The standard InChI is InChI=1S/C11H18N4O/c1-8-3-2-4-9(8)13-11(16)7-15-6-5-10(12)14-15/h5-6,8-9H,2-4,7H2,1H3,(H2,12,14)(H,13,16). The van der Waals surface area contributed by atoms with Gasteiger partial charge in [-0.1, -0.05) is 13.3 Å². The summed E-state index contributed by atoms with van der Waals surface area (Å²) in [7, 11) is 0. The van der Waals surface area contributed by atoms with Gasteiger partial charge in [0.25, 0.3) is 0 Å². The molecule has 0 spiro atoms. The molecule has 5 heteroatoms. The van der Waals surface area contributed by atoms with E-state index in [0.29, 0.717) is 17.8 Å². The second-order valence-corrected chi connectivity index (χ2v) is 4.52. The Bertz CT molecular complexity index is 374. The van der Waals surface area contributed by atoms with Crippen LogP contribution < -0.4 is 11.1 Å². The molecule has 1 aliphatic rings. The van der Waals surface area contributed by atoms with Crippen molar-refractivity contribution in [2.24, 2.45) is 5.92 Å². The zero-order valence-corrected chi connectivity index (χ0v) is 9.52. The van der Waals surface area contributed by atoms with Crippen molar-refractivity contribution >= 4 is 11.7 Å². The van der Waals surface area contributed by atoms with Gasteiger partial charge in [0.2, 0.25) is 5.91 Å². The highest BCUT2D eigenvalue weighted by Gasteiger charge is 2.24. The van der Waals surface area contributed by atoms with Gasteiger partial charge in [0.1, 0.15) is 12.4 Å². The van der Waals surface area contributed by atoms with Gasteiger partial charge >= 0.3 is 0 Å². The average Bonchev–Trinajstić information content (AvgIpc) is 2.77. The van der Waals surface area contributed by atoms with Crippen LogP contribution in [-0.4, -0.2) is 21.7 Å². The highest BCUT2D eigenvalue weighted by Crippen LogP contribution is 2.24. The summed E-state index contributed by atoms with van der Waals surface area (Å²) in [5.74, 6) is 1.05. The fourth-order valence-corrected chi connectivity index (χ4v) is 2.22. The quantitative estimate of drug-likeness (QED) is 0.793. The van der Waals surface area contributed by atoms with E-state index >= 15 is 0 Å². The molecule has 1 aromatic heterocycles. The van der Waals surface area contributed by atoms with Crippen LogP contribution in [0.2, 0.25) is 0 Å². The normalized spacial score (nSPS) is 24.6. The van der Waals surface area contributed by atoms with E-state index in [9.17, 15) is 4.79 Å². The largest absolute Gasteiger partial charge is 0.382 e. The van der Waals surface area contributed by atoms with E-state index in [1.54, 1.807) is 16.9 Å². The van der Waals surface area contributed by atoms with E-state index in [-0.39, 0.29) is 12.5 Å². The van der Waals surface area contributed by atoms with Crippen molar-refractivity contribution in [3.63, 3.8) is 0 Å². The fraction of sp³-hybridized carbons (Fsp3) is 0.636. The molecule has 88 valence electrons. The van der Waals surface area contributed by atoms with Crippen molar-refractivity contribution in [2.45, 2.75) is 38.8 Å². The van der Waals surface area contributed by atoms with Gasteiger partial charge in [-0.3, -0.25) is 9.48 Å². The first-order valence-electron chi connectivity index (χ1n) is 5.73. The third kappa shape index (κ3) is 2.53. The number of nitrogen functional groups attached to an aromatic ring is 1. The van der Waals surface area contributed by atoms with Gasteiger partial charge in [0, 0.05) is 12.2 Å². The molecule has 1 aliphatic carbocycles. The Morgan fingerprint density at radius 1 is 1.69 bits per heavy atom. The Morgan fingerprint density at radius 2 is 2.50 bits per heavy atom. The monoisotopic (exact) mass is 222 g/mol. The number of amides is 1. The van der Waals surface area contributed by atoms with Crippen LogP contribution in [0, 0.1) is 5.92 Å². The number of hydrogen-bond donors (Lipinski definition) is 2. The predicted octanol–water partition coefficient (Wildman–Crippen LogP) is 0.770. The zero-order chi connectivity index (χ0) is 11.5. The molecule has 0 aliphatic heterocycles. The number of anilines is 1. The Kier molecular flexibility index (Phi) is 3.12. The van der Waals surface area contributed by atoms with Crippen LogP contribution in [-0.2, 0) is 11.3 Å². The van der Waals surface area contributed by atoms with Crippen molar-refractivity contribution in [3.8, 4) is 0 Å². The molecule has 5 nitrogen and oxygen atoms in total. The molecule has 0 aromatic carbocycles. The SMILES string of the molecule is CC1CCCC1NC(=O)Cn1ccc(N)n1. The summed E-state index contributed by atoms with van der Waals surface area (Å²) in [6, 6.07) is 2.02. The highest BCUT2D eigenvalue weighted by molar-refractivity contribution is 5.76. The molecule has 1 heterocycles. The van der Waals surface area contributed by atoms with E-state index in [4.69, 9.17) is 5.73 Å². The number of rotatable bonds is 3. The van der Waals surface area contributed by atoms with Crippen LogP contribution in [0.4, 0.5) is 5.82 Å². The lowest BCUT2D eigenvalue weighted by Gasteiger charge is -2.17. The summed E-state index contributed by atoms with van der Waals surface area (Å²) >= 11 is 0. The second kappa shape index (κ2) is 4.55. The molecular formula is C11H18N4O. The van der Waals surface area contributed by atoms with Gasteiger partial charge in [-0.2, -0.15) is 5.10 Å². The molecule has 0 bridgehead atoms. The lowest BCUT2D eigenvalue weighted by molar-refractivity contribution is -0.122. The lowest BCUT2D eigenvalue weighted by Crippen LogP contribution is -2.38. The number of nitrogens with one attached hydrogen (secondary N) is 1. The number of carbonyl (C=O) groups excluding carboxylic acids is 1. The smallest absolute Gasteiger partial charge is 0.241 e. The number of carbonyl (C=O) groups is 1. The van der Waals surface area contributed by atoms with Gasteiger partial charge in [0.15, 0.2) is 0 Å². The summed E-state index contributed by atoms with van der Waals surface area (Å²) in [5.41, 5.74) is 5.48. The van der Waals surface area contributed by atoms with Crippen molar-refractivity contribution in [2.75, 3.05) is 5.73 Å². The summed E-state index contributed by atoms with van der Waals surface area (Å²) in [6.45, 7) is 2.43. The molecule has 2 rings (SSSR count). The van der Waals surface area contributed by atoms with Crippen molar-refractivity contribution < 1.29 is 4.79 Å². The van der Waals surface area contributed by atoms with Gasteiger partial charge in [-0.05, 0) is 24.8 Å². The van der Waals surface area contributed by atoms with Gasteiger partial charge in [-0.25, -0.2) is 0 Å². The molecule has 16 heavy (non-hydrogen) atoms. The molecular weight excluding hydrogens is 204 g/mol. The minimum absolute atomic E-state index is 0.0156. The minimum atomic E-state index is 0.0156. The average molecular weight is 222 g/mol. The number of nitrogens with two attached hydrogens (primary N) is 1. The topological polar surface area (TPSA) is 72.9 Å². The van der Waals surface area contributed by atoms with Gasteiger partial charge < -0.3 is 11.1 Å². The highest BCUT2D eigenvalue weighted by atomic mass is 16.2. The fourth-order valence-electron chi connectivity index (χ4n) is 2.22. The van der Waals surface area contributed by atoms with Crippen LogP contribution in [0.5, 0.6) is 0 Å². The van der Waals surface area contributed by atoms with Crippen molar-refractivity contribution in [3.05, 3.63) is 12.3 Å². The van der Waals surface area contributed by atoms with Crippen LogP contribution in [0.25, 0.3) is 0 Å². The maximum absolute atomic E-state index is 11.7. The first kappa shape index (κ1) is 11.0. The first-order valence-corrected chi connectivity index (χ1v) is 5.73. The third-order valence-corrected chi connectivity index (χ3v) is 3.17. The number of hydrogen-bond acceptors (Lipinski definition) is 3. The van der Waals surface area contributed by atoms with E-state index in [1.165, 1.54) is 12.8 Å². The molecule has 0 saturated heterocycles. The summed E-state index contributed by atoms with van der Waals surface area (Å²) in [6.07, 6.45) is 5.22. The summed E-state index contributed by atoms with van der Waals surface area (Å²) < 4.78 is 1.56. The van der Waals surface area contributed by atoms with E-state index < -0.39 is 0 Å². The summed E-state index contributed by atoms with van der Waals surface area (Å²) in [4.78, 5) is 11.7. The molecule has 1 aromatic rings. The Labute approximate surface area is 95.0 Å². The molecule has 1 amide bonds. The van der Waals surface area contributed by atoms with Crippen molar-refractivity contribution in [1.29, 1.82) is 0 Å². The molecule has 2 atom stereocenters.